The first-order valence-electron chi connectivity index (χ1n) is 10.8. The molecule has 0 unspecified atom stereocenters. The summed E-state index contributed by atoms with van der Waals surface area (Å²) in [5.74, 6) is 0.857. The van der Waals surface area contributed by atoms with Crippen molar-refractivity contribution in [3.05, 3.63) is 48.2 Å². The zero-order valence-electron chi connectivity index (χ0n) is 17.6. The highest BCUT2D eigenvalue weighted by Crippen LogP contribution is 2.37. The number of nitrogens with zero attached hydrogens (tertiary/aromatic N) is 3. The highest BCUT2D eigenvalue weighted by molar-refractivity contribution is 5.96. The van der Waals surface area contributed by atoms with E-state index in [0.717, 1.165) is 44.8 Å². The second-order valence-corrected chi connectivity index (χ2v) is 7.67. The number of carbonyl (C=O) groups excluding carboxylic acids is 2. The Morgan fingerprint density at radius 2 is 1.90 bits per heavy atom. The van der Waals surface area contributed by atoms with Crippen molar-refractivity contribution in [2.45, 2.75) is 25.8 Å². The quantitative estimate of drug-likeness (QED) is 0.687. The summed E-state index contributed by atoms with van der Waals surface area (Å²) in [5.41, 5.74) is 1.52. The zero-order chi connectivity index (χ0) is 21.5. The largest absolute Gasteiger partial charge is 0.437 e. The summed E-state index contributed by atoms with van der Waals surface area (Å²) in [6.45, 7) is 5.39. The molecule has 1 aromatic carbocycles. The van der Waals surface area contributed by atoms with E-state index in [4.69, 9.17) is 9.47 Å². The van der Waals surface area contributed by atoms with E-state index >= 15 is 0 Å². The molecule has 8 nitrogen and oxygen atoms in total. The smallest absolute Gasteiger partial charge is 0.243 e. The summed E-state index contributed by atoms with van der Waals surface area (Å²) in [6.07, 6.45) is 2.82. The van der Waals surface area contributed by atoms with Crippen LogP contribution in [0.1, 0.15) is 24.8 Å². The fraction of sp³-hybridized carbons (Fsp3) is 0.435. The second-order valence-electron chi connectivity index (χ2n) is 7.67. The molecule has 2 aromatic rings. The van der Waals surface area contributed by atoms with E-state index in [1.807, 2.05) is 30.3 Å². The summed E-state index contributed by atoms with van der Waals surface area (Å²) in [5, 5.41) is 2.92. The Hall–Kier alpha value is -2.97. The van der Waals surface area contributed by atoms with Crippen LogP contribution in [0.15, 0.2) is 42.6 Å². The maximum atomic E-state index is 13.0. The third-order valence-corrected chi connectivity index (χ3v) is 5.49. The maximum Gasteiger partial charge on any atom is 0.243 e. The van der Waals surface area contributed by atoms with E-state index in [1.54, 1.807) is 17.2 Å². The van der Waals surface area contributed by atoms with Gasteiger partial charge >= 0.3 is 0 Å². The Bertz CT molecular complexity index is 914. The van der Waals surface area contributed by atoms with Crippen LogP contribution >= 0.6 is 0 Å². The number of pyridine rings is 1. The molecule has 3 heterocycles. The lowest BCUT2D eigenvalue weighted by Gasteiger charge is -2.26. The number of anilines is 1. The van der Waals surface area contributed by atoms with Crippen LogP contribution in [-0.2, 0) is 20.9 Å². The van der Waals surface area contributed by atoms with Gasteiger partial charge in [-0.3, -0.25) is 14.5 Å². The summed E-state index contributed by atoms with van der Waals surface area (Å²) in [7, 11) is 0. The summed E-state index contributed by atoms with van der Waals surface area (Å²) in [6, 6.07) is 11.2. The Labute approximate surface area is 182 Å². The normalized spacial score (nSPS) is 15.9. The SMILES string of the molecule is O=C(CCC(=O)N1Cc2ccccc2Oc2ncccc21)NCCCN1CCOCC1. The average Bonchev–Trinajstić information content (AvgIpc) is 2.98. The third-order valence-electron chi connectivity index (χ3n) is 5.49. The van der Waals surface area contributed by atoms with Crippen LogP contribution in [0.3, 0.4) is 0 Å². The summed E-state index contributed by atoms with van der Waals surface area (Å²) in [4.78, 5) is 33.5. The number of carbonyl (C=O) groups is 2. The molecule has 1 aromatic heterocycles. The van der Waals surface area contributed by atoms with Crippen LogP contribution in [0.4, 0.5) is 5.69 Å². The topological polar surface area (TPSA) is 84.0 Å². The second kappa shape index (κ2) is 10.4. The number of rotatable bonds is 7. The van der Waals surface area contributed by atoms with Gasteiger partial charge in [-0.2, -0.15) is 0 Å². The van der Waals surface area contributed by atoms with E-state index in [2.05, 4.69) is 15.2 Å². The zero-order valence-corrected chi connectivity index (χ0v) is 17.6. The first-order chi connectivity index (χ1) is 15.2. The fourth-order valence-corrected chi connectivity index (χ4v) is 3.78. The van der Waals surface area contributed by atoms with Crippen LogP contribution in [0, 0.1) is 0 Å². The van der Waals surface area contributed by atoms with Gasteiger partial charge in [-0.1, -0.05) is 18.2 Å². The molecule has 31 heavy (non-hydrogen) atoms. The molecule has 0 saturated carbocycles. The molecule has 0 bridgehead atoms. The van der Waals surface area contributed by atoms with Gasteiger partial charge in [0.15, 0.2) is 0 Å². The van der Waals surface area contributed by atoms with Crippen molar-refractivity contribution in [3.63, 3.8) is 0 Å². The van der Waals surface area contributed by atoms with Crippen molar-refractivity contribution >= 4 is 17.5 Å². The lowest BCUT2D eigenvalue weighted by Crippen LogP contribution is -2.38. The Kier molecular flexibility index (Phi) is 7.11. The molecule has 8 heteroatoms. The van der Waals surface area contributed by atoms with Crippen molar-refractivity contribution in [2.24, 2.45) is 0 Å². The molecule has 0 spiro atoms. The monoisotopic (exact) mass is 424 g/mol. The lowest BCUT2D eigenvalue weighted by atomic mass is 10.1. The standard InChI is InChI=1S/C23H28N4O4/c28-21(24-11-4-12-26-13-15-30-16-14-26)8-9-22(29)27-17-18-5-1-2-7-20(18)31-23-19(27)6-3-10-25-23/h1-3,5-7,10H,4,8-9,11-17H2,(H,24,28). The molecule has 4 rings (SSSR count). The fourth-order valence-electron chi connectivity index (χ4n) is 3.78. The maximum absolute atomic E-state index is 13.0. The van der Waals surface area contributed by atoms with E-state index < -0.39 is 0 Å². The highest BCUT2D eigenvalue weighted by Gasteiger charge is 2.26. The van der Waals surface area contributed by atoms with Crippen molar-refractivity contribution in [2.75, 3.05) is 44.3 Å². The number of hydrogen-bond acceptors (Lipinski definition) is 6. The third kappa shape index (κ3) is 5.59. The first-order valence-corrected chi connectivity index (χ1v) is 10.8. The summed E-state index contributed by atoms with van der Waals surface area (Å²) >= 11 is 0. The molecule has 2 aliphatic heterocycles. The number of fused-ring (bicyclic) bond motifs is 2. The molecule has 2 amide bonds. The van der Waals surface area contributed by atoms with Crippen molar-refractivity contribution < 1.29 is 19.1 Å². The van der Waals surface area contributed by atoms with Gasteiger partial charge in [-0.25, -0.2) is 4.98 Å². The van der Waals surface area contributed by atoms with Gasteiger partial charge in [-0.05, 0) is 31.2 Å². The molecular weight excluding hydrogens is 396 g/mol. The average molecular weight is 425 g/mol. The van der Waals surface area contributed by atoms with Crippen LogP contribution < -0.4 is 15.0 Å². The van der Waals surface area contributed by atoms with Crippen molar-refractivity contribution in [1.82, 2.24) is 15.2 Å². The predicted octanol–water partition coefficient (Wildman–Crippen LogP) is 2.34. The minimum absolute atomic E-state index is 0.104. The summed E-state index contributed by atoms with van der Waals surface area (Å²) < 4.78 is 11.3. The minimum atomic E-state index is -0.127. The number of para-hydroxylation sites is 1. The van der Waals surface area contributed by atoms with Gasteiger partial charge in [0.2, 0.25) is 17.7 Å². The number of aromatic nitrogens is 1. The van der Waals surface area contributed by atoms with Crippen LogP contribution in [0.5, 0.6) is 11.6 Å². The van der Waals surface area contributed by atoms with Gasteiger partial charge in [0.05, 0.1) is 19.8 Å². The Balaban J connectivity index is 1.29. The van der Waals surface area contributed by atoms with Crippen LogP contribution in [-0.4, -0.2) is 61.1 Å². The molecule has 164 valence electrons. The Morgan fingerprint density at radius 3 is 2.77 bits per heavy atom. The lowest BCUT2D eigenvalue weighted by molar-refractivity contribution is -0.125. The number of amides is 2. The molecule has 2 aliphatic rings. The molecule has 1 N–H and O–H groups in total. The predicted molar refractivity (Wildman–Crippen MR) is 116 cm³/mol. The number of ether oxygens (including phenoxy) is 2. The van der Waals surface area contributed by atoms with Gasteiger partial charge in [0.1, 0.15) is 11.4 Å². The number of nitrogens with one attached hydrogen (secondary N) is 1. The van der Waals surface area contributed by atoms with Crippen LogP contribution in [0.25, 0.3) is 0 Å². The van der Waals surface area contributed by atoms with Crippen molar-refractivity contribution in [1.29, 1.82) is 0 Å². The molecule has 1 saturated heterocycles. The van der Waals surface area contributed by atoms with E-state index in [0.29, 0.717) is 30.4 Å². The number of morpholine rings is 1. The van der Waals surface area contributed by atoms with Gasteiger partial charge < -0.3 is 19.7 Å². The molecular formula is C23H28N4O4. The van der Waals surface area contributed by atoms with Gasteiger partial charge in [-0.15, -0.1) is 0 Å². The molecule has 0 aliphatic carbocycles. The first kappa shape index (κ1) is 21.3. The molecule has 1 fully saturated rings. The van der Waals surface area contributed by atoms with Gasteiger partial charge in [0.25, 0.3) is 0 Å². The minimum Gasteiger partial charge on any atom is -0.437 e. The number of hydrogen-bond donors (Lipinski definition) is 1. The van der Waals surface area contributed by atoms with Crippen LogP contribution in [0.2, 0.25) is 0 Å². The Morgan fingerprint density at radius 1 is 1.06 bits per heavy atom. The van der Waals surface area contributed by atoms with Crippen molar-refractivity contribution in [3.8, 4) is 11.6 Å². The highest BCUT2D eigenvalue weighted by atomic mass is 16.5. The molecule has 0 radical (unpaired) electrons. The van der Waals surface area contributed by atoms with E-state index in [1.165, 1.54) is 0 Å². The van der Waals surface area contributed by atoms with E-state index in [-0.39, 0.29) is 24.7 Å². The van der Waals surface area contributed by atoms with E-state index in [9.17, 15) is 9.59 Å². The number of benzene rings is 1. The van der Waals surface area contributed by atoms with Gasteiger partial charge in [0, 0.05) is 44.2 Å². The molecule has 0 atom stereocenters.